The van der Waals surface area contributed by atoms with Crippen LogP contribution in [0.1, 0.15) is 32.1 Å². The fourth-order valence-electron chi connectivity index (χ4n) is 1.75. The highest BCUT2D eigenvalue weighted by Crippen LogP contribution is 2.16. The minimum atomic E-state index is -0.571. The summed E-state index contributed by atoms with van der Waals surface area (Å²) in [6.45, 7) is 4.11. The molecule has 7 nitrogen and oxygen atoms in total. The molecular formula is C10H15N5O2. The normalized spacial score (nSPS) is 13.4. The van der Waals surface area contributed by atoms with E-state index < -0.39 is 11.2 Å². The summed E-state index contributed by atoms with van der Waals surface area (Å²) < 4.78 is 0. The van der Waals surface area contributed by atoms with Crippen molar-refractivity contribution in [2.75, 3.05) is 0 Å². The Morgan fingerprint density at radius 2 is 1.94 bits per heavy atom. The third-order valence-corrected chi connectivity index (χ3v) is 2.48. The maximum atomic E-state index is 11.5. The lowest BCUT2D eigenvalue weighted by Gasteiger charge is -2.10. The van der Waals surface area contributed by atoms with Gasteiger partial charge in [-0.2, -0.15) is 0 Å². The molecule has 1 unspecified atom stereocenters. The van der Waals surface area contributed by atoms with Gasteiger partial charge in [-0.1, -0.05) is 13.8 Å². The maximum absolute atomic E-state index is 11.5. The summed E-state index contributed by atoms with van der Waals surface area (Å²) in [6, 6.07) is -0.273. The second-order valence-electron chi connectivity index (χ2n) is 4.49. The van der Waals surface area contributed by atoms with Gasteiger partial charge in [0.1, 0.15) is 11.3 Å². The van der Waals surface area contributed by atoms with Crippen LogP contribution >= 0.6 is 0 Å². The topological polar surface area (TPSA) is 120 Å². The molecule has 0 aliphatic heterocycles. The molecule has 2 aromatic rings. The number of fused-ring (bicyclic) bond motifs is 1. The first-order valence-electron chi connectivity index (χ1n) is 5.45. The monoisotopic (exact) mass is 237 g/mol. The first kappa shape index (κ1) is 11.6. The SMILES string of the molecule is CC(C)CC(N)c1nc2[nH]c(=O)[nH]c(=O)c2[nH]1. The van der Waals surface area contributed by atoms with E-state index >= 15 is 0 Å². The molecule has 0 aliphatic rings. The largest absolute Gasteiger partial charge is 0.335 e. The highest BCUT2D eigenvalue weighted by molar-refractivity contribution is 5.68. The number of aromatic nitrogens is 4. The maximum Gasteiger partial charge on any atom is 0.327 e. The van der Waals surface area contributed by atoms with Crippen molar-refractivity contribution in [2.45, 2.75) is 26.3 Å². The number of H-pyrrole nitrogens is 3. The number of aromatic amines is 3. The predicted molar refractivity (Wildman–Crippen MR) is 63.7 cm³/mol. The number of nitrogens with zero attached hydrogens (tertiary/aromatic N) is 1. The molecule has 0 fully saturated rings. The highest BCUT2D eigenvalue weighted by Gasteiger charge is 2.14. The van der Waals surface area contributed by atoms with Crippen molar-refractivity contribution in [3.8, 4) is 0 Å². The van der Waals surface area contributed by atoms with Gasteiger partial charge < -0.3 is 10.7 Å². The number of nitrogens with two attached hydrogens (primary N) is 1. The zero-order chi connectivity index (χ0) is 12.6. The number of hydrogen-bond acceptors (Lipinski definition) is 4. The molecular weight excluding hydrogens is 222 g/mol. The first-order chi connectivity index (χ1) is 7.97. The van der Waals surface area contributed by atoms with Crippen LogP contribution in [0.15, 0.2) is 9.59 Å². The molecule has 0 aliphatic carbocycles. The van der Waals surface area contributed by atoms with Crippen LogP contribution in [0.4, 0.5) is 0 Å². The Kier molecular flexibility index (Phi) is 2.84. The average Bonchev–Trinajstić information content (AvgIpc) is 2.60. The Morgan fingerprint density at radius 3 is 2.59 bits per heavy atom. The van der Waals surface area contributed by atoms with E-state index in [1.54, 1.807) is 0 Å². The van der Waals surface area contributed by atoms with Crippen LogP contribution in [-0.4, -0.2) is 19.9 Å². The minimum absolute atomic E-state index is 0.243. The zero-order valence-corrected chi connectivity index (χ0v) is 9.70. The van der Waals surface area contributed by atoms with E-state index in [1.165, 1.54) is 0 Å². The summed E-state index contributed by atoms with van der Waals surface area (Å²) in [5.74, 6) is 0.941. The van der Waals surface area contributed by atoms with Gasteiger partial charge in [0.15, 0.2) is 5.65 Å². The molecule has 92 valence electrons. The number of nitrogens with one attached hydrogen (secondary N) is 3. The zero-order valence-electron chi connectivity index (χ0n) is 9.70. The molecule has 0 bridgehead atoms. The lowest BCUT2D eigenvalue weighted by atomic mass is 10.0. The van der Waals surface area contributed by atoms with Crippen molar-refractivity contribution >= 4 is 11.2 Å². The smallest absolute Gasteiger partial charge is 0.327 e. The molecule has 0 spiro atoms. The number of imidazole rings is 1. The minimum Gasteiger partial charge on any atom is -0.335 e. The van der Waals surface area contributed by atoms with Gasteiger partial charge in [0.25, 0.3) is 5.56 Å². The average molecular weight is 237 g/mol. The molecule has 7 heteroatoms. The molecule has 0 aromatic carbocycles. The number of hydrogen-bond donors (Lipinski definition) is 4. The van der Waals surface area contributed by atoms with Crippen LogP contribution in [0.3, 0.4) is 0 Å². The molecule has 2 rings (SSSR count). The van der Waals surface area contributed by atoms with Gasteiger partial charge in [0.05, 0.1) is 6.04 Å². The van der Waals surface area contributed by atoms with Gasteiger partial charge in [0, 0.05) is 0 Å². The third-order valence-electron chi connectivity index (χ3n) is 2.48. The van der Waals surface area contributed by atoms with Crippen molar-refractivity contribution in [1.82, 2.24) is 19.9 Å². The van der Waals surface area contributed by atoms with E-state index in [2.05, 4.69) is 33.8 Å². The van der Waals surface area contributed by atoms with E-state index in [1.807, 2.05) is 0 Å². The van der Waals surface area contributed by atoms with E-state index in [0.29, 0.717) is 11.7 Å². The van der Waals surface area contributed by atoms with Crippen LogP contribution in [0.25, 0.3) is 11.2 Å². The van der Waals surface area contributed by atoms with Gasteiger partial charge in [0.2, 0.25) is 0 Å². The molecule has 5 N–H and O–H groups in total. The molecule has 0 radical (unpaired) electrons. The fourth-order valence-corrected chi connectivity index (χ4v) is 1.75. The van der Waals surface area contributed by atoms with Crippen molar-refractivity contribution in [1.29, 1.82) is 0 Å². The summed E-state index contributed by atoms with van der Waals surface area (Å²) in [6.07, 6.45) is 0.752. The van der Waals surface area contributed by atoms with E-state index in [9.17, 15) is 9.59 Å². The van der Waals surface area contributed by atoms with Gasteiger partial charge >= 0.3 is 5.69 Å². The molecule has 0 amide bonds. The van der Waals surface area contributed by atoms with Crippen molar-refractivity contribution < 1.29 is 0 Å². The first-order valence-corrected chi connectivity index (χ1v) is 5.45. The Labute approximate surface area is 96.5 Å². The second-order valence-corrected chi connectivity index (χ2v) is 4.49. The Bertz CT molecular complexity index is 636. The Morgan fingerprint density at radius 1 is 1.24 bits per heavy atom. The van der Waals surface area contributed by atoms with Crippen LogP contribution in [0.5, 0.6) is 0 Å². The lowest BCUT2D eigenvalue weighted by molar-refractivity contribution is 0.496. The quantitative estimate of drug-likeness (QED) is 0.599. The van der Waals surface area contributed by atoms with Gasteiger partial charge in [-0.3, -0.25) is 14.8 Å². The molecule has 2 aromatic heterocycles. The van der Waals surface area contributed by atoms with E-state index in [4.69, 9.17) is 5.73 Å². The third kappa shape index (κ3) is 2.28. The van der Waals surface area contributed by atoms with Gasteiger partial charge in [-0.05, 0) is 12.3 Å². The van der Waals surface area contributed by atoms with Crippen LogP contribution in [0, 0.1) is 5.92 Å². The van der Waals surface area contributed by atoms with Crippen LogP contribution in [-0.2, 0) is 0 Å². The van der Waals surface area contributed by atoms with Crippen molar-refractivity contribution in [3.63, 3.8) is 0 Å². The fraction of sp³-hybridized carbons (Fsp3) is 0.500. The van der Waals surface area contributed by atoms with Crippen LogP contribution in [0.2, 0.25) is 0 Å². The highest BCUT2D eigenvalue weighted by atomic mass is 16.2. The van der Waals surface area contributed by atoms with Crippen LogP contribution < -0.4 is 17.0 Å². The Hall–Kier alpha value is -1.89. The summed E-state index contributed by atoms with van der Waals surface area (Å²) in [7, 11) is 0. The second kappa shape index (κ2) is 4.17. The Balaban J connectivity index is 2.48. The molecule has 17 heavy (non-hydrogen) atoms. The number of rotatable bonds is 3. The van der Waals surface area contributed by atoms with Gasteiger partial charge in [-0.15, -0.1) is 0 Å². The predicted octanol–water partition coefficient (Wildman–Crippen LogP) is -0.0146. The molecule has 0 saturated carbocycles. The summed E-state index contributed by atoms with van der Waals surface area (Å²) in [4.78, 5) is 34.1. The van der Waals surface area contributed by atoms with Crippen molar-refractivity contribution in [3.05, 3.63) is 26.7 Å². The standard InChI is InChI=1S/C10H15N5O2/c1-4(2)3-5(11)7-12-6-8(13-7)14-10(17)15-9(6)16/h4-5H,3,11H2,1-2H3,(H3,12,13,14,15,16,17). The molecule has 0 saturated heterocycles. The van der Waals surface area contributed by atoms with Gasteiger partial charge in [-0.25, -0.2) is 9.78 Å². The lowest BCUT2D eigenvalue weighted by Crippen LogP contribution is -2.21. The van der Waals surface area contributed by atoms with E-state index in [0.717, 1.165) is 6.42 Å². The van der Waals surface area contributed by atoms with Crippen molar-refractivity contribution in [2.24, 2.45) is 11.7 Å². The molecule has 1 atom stereocenters. The summed E-state index contributed by atoms with van der Waals surface area (Å²) in [5.41, 5.74) is 5.38. The summed E-state index contributed by atoms with van der Waals surface area (Å²) >= 11 is 0. The summed E-state index contributed by atoms with van der Waals surface area (Å²) in [5, 5.41) is 0. The molecule has 2 heterocycles. The van der Waals surface area contributed by atoms with E-state index in [-0.39, 0.29) is 17.2 Å².